The average molecular weight is 504 g/mol. The summed E-state index contributed by atoms with van der Waals surface area (Å²) < 4.78 is 0. The van der Waals surface area contributed by atoms with E-state index in [-0.39, 0.29) is 40.4 Å². The molecule has 1 N–H and O–H groups in total. The second-order valence-electron chi connectivity index (χ2n) is 15.1. The van der Waals surface area contributed by atoms with E-state index in [9.17, 15) is 9.59 Å². The monoisotopic (exact) mass is 503 g/mol. The molecule has 0 radical (unpaired) electrons. The number of para-hydroxylation sites is 1. The first-order chi connectivity index (χ1) is 17.4. The van der Waals surface area contributed by atoms with Crippen LogP contribution in [0.2, 0.25) is 0 Å². The maximum absolute atomic E-state index is 14.1. The number of carbonyl (C=O) groups excluding carboxylic acids is 2. The Balaban J connectivity index is 1.39. The zero-order chi connectivity index (χ0) is 26.1. The number of rotatable bonds is 2. The third-order valence-electron chi connectivity index (χ3n) is 12.4. The summed E-state index contributed by atoms with van der Waals surface area (Å²) in [5.41, 5.74) is 3.18. The van der Waals surface area contributed by atoms with E-state index in [4.69, 9.17) is 0 Å². The minimum atomic E-state index is -0.402. The van der Waals surface area contributed by atoms with Crippen molar-refractivity contribution in [2.24, 2.45) is 28.6 Å². The molecule has 200 valence electrons. The number of nitrogens with one attached hydrogen (secondary N) is 1. The molecule has 0 spiro atoms. The van der Waals surface area contributed by atoms with Crippen molar-refractivity contribution in [2.75, 3.05) is 4.90 Å². The highest BCUT2D eigenvalue weighted by Crippen LogP contribution is 2.72. The van der Waals surface area contributed by atoms with Crippen molar-refractivity contribution in [1.82, 2.24) is 10.2 Å². The van der Waals surface area contributed by atoms with Crippen LogP contribution in [0.5, 0.6) is 0 Å². The lowest BCUT2D eigenvalue weighted by molar-refractivity contribution is -0.153. The van der Waals surface area contributed by atoms with Crippen molar-refractivity contribution in [2.45, 2.75) is 122 Å². The summed E-state index contributed by atoms with van der Waals surface area (Å²) in [6.07, 6.45) is 8.87. The fraction of sp³-hybridized carbons (Fsp3) is 0.750. The second kappa shape index (κ2) is 7.33. The molecule has 6 aliphatic rings. The molecule has 1 aromatic rings. The molecule has 2 saturated carbocycles. The molecule has 5 heteroatoms. The third kappa shape index (κ3) is 2.82. The molecule has 1 aromatic carbocycles. The number of nitrogens with zero attached hydrogens (tertiary/aromatic N) is 2. The number of amides is 2. The van der Waals surface area contributed by atoms with Crippen LogP contribution >= 0.6 is 0 Å². The summed E-state index contributed by atoms with van der Waals surface area (Å²) in [5.74, 6) is 1.84. The van der Waals surface area contributed by atoms with Gasteiger partial charge in [-0.1, -0.05) is 59.2 Å². The van der Waals surface area contributed by atoms with Crippen molar-refractivity contribution < 1.29 is 9.59 Å². The lowest BCUT2D eigenvalue weighted by Gasteiger charge is -2.68. The maximum Gasteiger partial charge on any atom is 0.247 e. The van der Waals surface area contributed by atoms with E-state index in [0.717, 1.165) is 25.2 Å². The van der Waals surface area contributed by atoms with E-state index >= 15 is 0 Å². The quantitative estimate of drug-likeness (QED) is 0.570. The molecule has 37 heavy (non-hydrogen) atoms. The van der Waals surface area contributed by atoms with Crippen molar-refractivity contribution in [3.8, 4) is 0 Å². The molecule has 2 aliphatic carbocycles. The SMILES string of the molecule is CC(C)C[C@@H]1NC(=O)[C@@H]2C[C@@]34C[C@@H]5[C@@]6(C)CCCC(C)(C)C6CC[C@@]5(C)N(c5ccccc53)[C@H]4N2C1=O. The molecular formula is C32H45N3O2. The Morgan fingerprint density at radius 1 is 1.00 bits per heavy atom. The van der Waals surface area contributed by atoms with Gasteiger partial charge >= 0.3 is 0 Å². The van der Waals surface area contributed by atoms with Crippen LogP contribution in [0.15, 0.2) is 24.3 Å². The number of carbonyl (C=O) groups is 2. The van der Waals surface area contributed by atoms with Gasteiger partial charge in [0.2, 0.25) is 11.8 Å². The van der Waals surface area contributed by atoms with Gasteiger partial charge in [-0.3, -0.25) is 9.59 Å². The van der Waals surface area contributed by atoms with Crippen LogP contribution in [0.4, 0.5) is 5.69 Å². The molecule has 5 fully saturated rings. The van der Waals surface area contributed by atoms with Crippen molar-refractivity contribution in [1.29, 1.82) is 0 Å². The molecule has 5 nitrogen and oxygen atoms in total. The minimum Gasteiger partial charge on any atom is -0.344 e. The van der Waals surface area contributed by atoms with Gasteiger partial charge in [-0.05, 0) is 92.1 Å². The molecule has 4 heterocycles. The van der Waals surface area contributed by atoms with Gasteiger partial charge in [0.05, 0.1) is 0 Å². The number of anilines is 1. The molecule has 2 bridgehead atoms. The molecule has 2 amide bonds. The lowest BCUT2D eigenvalue weighted by atomic mass is 9.42. The van der Waals surface area contributed by atoms with Gasteiger partial charge in [0.15, 0.2) is 0 Å². The van der Waals surface area contributed by atoms with Crippen LogP contribution in [-0.2, 0) is 15.0 Å². The average Bonchev–Trinajstić information content (AvgIpc) is 3.27. The summed E-state index contributed by atoms with van der Waals surface area (Å²) in [4.78, 5) is 32.5. The van der Waals surface area contributed by atoms with Crippen LogP contribution in [0, 0.1) is 28.6 Å². The Kier molecular flexibility index (Phi) is 4.76. The first-order valence-electron chi connectivity index (χ1n) is 15.0. The van der Waals surface area contributed by atoms with Crippen LogP contribution in [0.1, 0.15) is 98.5 Å². The van der Waals surface area contributed by atoms with Crippen molar-refractivity contribution in [3.63, 3.8) is 0 Å². The van der Waals surface area contributed by atoms with Gasteiger partial charge in [0.1, 0.15) is 18.2 Å². The fourth-order valence-electron chi connectivity index (χ4n) is 11.1. The highest BCUT2D eigenvalue weighted by Gasteiger charge is 2.74. The third-order valence-corrected chi connectivity index (χ3v) is 12.4. The number of piperidine rings is 1. The highest BCUT2D eigenvalue weighted by molar-refractivity contribution is 5.99. The van der Waals surface area contributed by atoms with Gasteiger partial charge in [0.25, 0.3) is 0 Å². The van der Waals surface area contributed by atoms with E-state index in [1.807, 2.05) is 0 Å². The molecule has 1 unspecified atom stereocenters. The van der Waals surface area contributed by atoms with Gasteiger partial charge in [-0.2, -0.15) is 0 Å². The zero-order valence-electron chi connectivity index (χ0n) is 23.6. The molecule has 7 rings (SSSR count). The van der Waals surface area contributed by atoms with E-state index < -0.39 is 6.04 Å². The van der Waals surface area contributed by atoms with Crippen molar-refractivity contribution >= 4 is 17.5 Å². The molecular weight excluding hydrogens is 458 g/mol. The summed E-state index contributed by atoms with van der Waals surface area (Å²) in [6, 6.07) is 8.21. The van der Waals surface area contributed by atoms with Gasteiger partial charge in [-0.25, -0.2) is 0 Å². The molecule has 0 aromatic heterocycles. The topological polar surface area (TPSA) is 52.7 Å². The number of hydrogen-bond donors (Lipinski definition) is 1. The Bertz CT molecular complexity index is 1180. The van der Waals surface area contributed by atoms with Crippen LogP contribution in [0.25, 0.3) is 0 Å². The van der Waals surface area contributed by atoms with Gasteiger partial charge in [-0.15, -0.1) is 0 Å². The van der Waals surface area contributed by atoms with E-state index in [0.29, 0.717) is 23.7 Å². The van der Waals surface area contributed by atoms with E-state index in [1.54, 1.807) is 0 Å². The van der Waals surface area contributed by atoms with Gasteiger partial charge in [0, 0.05) is 16.6 Å². The summed E-state index contributed by atoms with van der Waals surface area (Å²) >= 11 is 0. The zero-order valence-corrected chi connectivity index (χ0v) is 23.6. The standard InChI is InChI=1S/C32H45N3O2/c1-19(2)16-21-27(37)34-23(26(36)33-21)17-32-18-25-30(5)14-9-13-29(3,4)24(30)12-15-31(25,6)35(28(32)34)22-11-8-7-10-20(22)32/h7-8,10-11,19,21,23-25,28H,9,12-18H2,1-6H3,(H,33,36)/t21-,23-,24?,25+,28+,30-,31+,32+/m0/s1. The lowest BCUT2D eigenvalue weighted by Crippen LogP contribution is -2.74. The predicted octanol–water partition coefficient (Wildman–Crippen LogP) is 5.62. The number of hydrogen-bond acceptors (Lipinski definition) is 3. The molecule has 8 atom stereocenters. The summed E-state index contributed by atoms with van der Waals surface area (Å²) in [6.45, 7) is 14.4. The minimum absolute atomic E-state index is 0.0178. The fourth-order valence-corrected chi connectivity index (χ4v) is 11.1. The summed E-state index contributed by atoms with van der Waals surface area (Å²) in [5, 5.41) is 3.15. The molecule has 4 aliphatic heterocycles. The summed E-state index contributed by atoms with van der Waals surface area (Å²) in [7, 11) is 0. The first kappa shape index (κ1) is 24.0. The smallest absolute Gasteiger partial charge is 0.247 e. The Morgan fingerprint density at radius 2 is 1.76 bits per heavy atom. The van der Waals surface area contributed by atoms with Crippen molar-refractivity contribution in [3.05, 3.63) is 29.8 Å². The highest BCUT2D eigenvalue weighted by atomic mass is 16.2. The predicted molar refractivity (Wildman–Crippen MR) is 146 cm³/mol. The largest absolute Gasteiger partial charge is 0.344 e. The Morgan fingerprint density at radius 3 is 2.51 bits per heavy atom. The Hall–Kier alpha value is -2.04. The van der Waals surface area contributed by atoms with Crippen LogP contribution in [-0.4, -0.2) is 40.5 Å². The maximum atomic E-state index is 14.1. The van der Waals surface area contributed by atoms with Gasteiger partial charge < -0.3 is 15.1 Å². The molecule has 3 saturated heterocycles. The van der Waals surface area contributed by atoms with Crippen LogP contribution in [0.3, 0.4) is 0 Å². The van der Waals surface area contributed by atoms with Crippen LogP contribution < -0.4 is 10.2 Å². The number of fused-ring (bicyclic) bond motifs is 7. The van der Waals surface area contributed by atoms with E-state index in [2.05, 4.69) is 80.9 Å². The normalized spacial score (nSPS) is 45.1. The second-order valence-corrected chi connectivity index (χ2v) is 15.1. The first-order valence-corrected chi connectivity index (χ1v) is 15.0. The number of benzene rings is 1. The number of piperazine rings is 1. The van der Waals surface area contributed by atoms with E-state index in [1.165, 1.54) is 36.9 Å². The Labute approximate surface area is 222 Å².